The molecule has 0 heterocycles. The number of nitrogens with two attached hydrogens (primary N) is 1. The molecule has 0 radical (unpaired) electrons. The van der Waals surface area contributed by atoms with Crippen LogP contribution in [0.15, 0.2) is 18.2 Å². The lowest BCUT2D eigenvalue weighted by molar-refractivity contribution is 0.320. The van der Waals surface area contributed by atoms with Crippen molar-refractivity contribution in [2.24, 2.45) is 11.8 Å². The van der Waals surface area contributed by atoms with E-state index in [1.807, 2.05) is 0 Å². The summed E-state index contributed by atoms with van der Waals surface area (Å²) >= 11 is 6.13. The molecule has 0 aromatic heterocycles. The number of hydrogen-bond donors (Lipinski definition) is 2. The molecule has 2 rings (SSSR count). The summed E-state index contributed by atoms with van der Waals surface area (Å²) in [6, 6.07) is 4.70. The van der Waals surface area contributed by atoms with Crippen molar-refractivity contribution in [3.63, 3.8) is 0 Å². The van der Waals surface area contributed by atoms with Gasteiger partial charge < -0.3 is 0 Å². The van der Waals surface area contributed by atoms with Crippen LogP contribution in [0, 0.1) is 11.7 Å². The van der Waals surface area contributed by atoms with Crippen LogP contribution in [0.25, 0.3) is 0 Å². The van der Waals surface area contributed by atoms with Gasteiger partial charge in [0.25, 0.3) is 0 Å². The second-order valence-corrected chi connectivity index (χ2v) is 5.87. The molecule has 1 aliphatic rings. The van der Waals surface area contributed by atoms with Crippen LogP contribution in [0.5, 0.6) is 0 Å². The molecular weight excluding hydrogens is 263 g/mol. The lowest BCUT2D eigenvalue weighted by atomic mass is 9.88. The molecule has 1 atom stereocenters. The van der Waals surface area contributed by atoms with Crippen molar-refractivity contribution in [2.45, 2.75) is 51.0 Å². The van der Waals surface area contributed by atoms with E-state index in [4.69, 9.17) is 17.4 Å². The molecule has 1 aromatic carbocycles. The van der Waals surface area contributed by atoms with Crippen molar-refractivity contribution in [1.29, 1.82) is 0 Å². The first kappa shape index (κ1) is 14.8. The minimum absolute atomic E-state index is 0.178. The van der Waals surface area contributed by atoms with Gasteiger partial charge in [-0.3, -0.25) is 11.3 Å². The minimum Gasteiger partial charge on any atom is -0.271 e. The van der Waals surface area contributed by atoms with Crippen molar-refractivity contribution in [3.05, 3.63) is 34.6 Å². The highest BCUT2D eigenvalue weighted by atomic mass is 35.5. The van der Waals surface area contributed by atoms with Gasteiger partial charge in [0, 0.05) is 11.1 Å². The van der Waals surface area contributed by atoms with E-state index < -0.39 is 0 Å². The molecule has 1 aromatic rings. The Balaban J connectivity index is 2.07. The first-order valence-electron chi connectivity index (χ1n) is 7.10. The van der Waals surface area contributed by atoms with Crippen LogP contribution in [0.1, 0.15) is 44.1 Å². The zero-order valence-electron chi connectivity index (χ0n) is 11.2. The maximum Gasteiger partial charge on any atom is 0.123 e. The van der Waals surface area contributed by atoms with Gasteiger partial charge in [-0.15, -0.1) is 0 Å². The summed E-state index contributed by atoms with van der Waals surface area (Å²) in [5.41, 5.74) is 3.76. The predicted octanol–water partition coefficient (Wildman–Crippen LogP) is 3.82. The molecule has 3 N–H and O–H groups in total. The van der Waals surface area contributed by atoms with Crippen molar-refractivity contribution in [1.82, 2.24) is 5.43 Å². The molecule has 0 aliphatic heterocycles. The van der Waals surface area contributed by atoms with Gasteiger partial charge in [-0.2, -0.15) is 0 Å². The smallest absolute Gasteiger partial charge is 0.123 e. The number of benzene rings is 1. The number of rotatable bonds is 4. The fourth-order valence-corrected chi connectivity index (χ4v) is 3.21. The Morgan fingerprint density at radius 1 is 1.26 bits per heavy atom. The van der Waals surface area contributed by atoms with Crippen LogP contribution in [-0.4, -0.2) is 6.04 Å². The van der Waals surface area contributed by atoms with E-state index in [0.717, 1.165) is 5.56 Å². The lowest BCUT2D eigenvalue weighted by Crippen LogP contribution is -2.42. The molecular formula is C15H22ClFN2. The Hall–Kier alpha value is -0.640. The molecule has 0 amide bonds. The molecule has 0 bridgehead atoms. The number of nitrogens with one attached hydrogen (secondary N) is 1. The van der Waals surface area contributed by atoms with Crippen molar-refractivity contribution in [3.8, 4) is 0 Å². The highest BCUT2D eigenvalue weighted by molar-refractivity contribution is 6.31. The summed E-state index contributed by atoms with van der Waals surface area (Å²) in [5, 5.41) is 0.621. The SMILES string of the molecule is NNC(Cc1cc(F)ccc1Cl)C1CCCCCC1. The van der Waals surface area contributed by atoms with Crippen LogP contribution in [0.4, 0.5) is 4.39 Å². The van der Waals surface area contributed by atoms with Gasteiger partial charge >= 0.3 is 0 Å². The van der Waals surface area contributed by atoms with E-state index in [2.05, 4.69) is 5.43 Å². The number of hydrazine groups is 1. The second kappa shape index (κ2) is 7.22. The average Bonchev–Trinajstić information content (AvgIpc) is 2.68. The van der Waals surface area contributed by atoms with Gasteiger partial charge in [0.05, 0.1) is 0 Å². The third kappa shape index (κ3) is 4.16. The second-order valence-electron chi connectivity index (χ2n) is 5.46. The molecule has 0 saturated heterocycles. The maximum atomic E-state index is 13.3. The quantitative estimate of drug-likeness (QED) is 0.501. The van der Waals surface area contributed by atoms with Crippen LogP contribution >= 0.6 is 11.6 Å². The Kier molecular flexibility index (Phi) is 5.61. The van der Waals surface area contributed by atoms with Crippen molar-refractivity contribution in [2.75, 3.05) is 0 Å². The monoisotopic (exact) mass is 284 g/mol. The van der Waals surface area contributed by atoms with Gasteiger partial charge in [0.15, 0.2) is 0 Å². The van der Waals surface area contributed by atoms with Gasteiger partial charge in [-0.05, 0) is 48.9 Å². The van der Waals surface area contributed by atoms with Gasteiger partial charge in [0.2, 0.25) is 0 Å². The van der Waals surface area contributed by atoms with E-state index >= 15 is 0 Å². The summed E-state index contributed by atoms with van der Waals surface area (Å²) in [7, 11) is 0. The number of halogens is 2. The Bertz CT molecular complexity index is 403. The normalized spacial score (nSPS) is 19.1. The molecule has 0 spiro atoms. The molecule has 19 heavy (non-hydrogen) atoms. The zero-order valence-corrected chi connectivity index (χ0v) is 11.9. The largest absolute Gasteiger partial charge is 0.271 e. The standard InChI is InChI=1S/C15H22ClFN2/c16-14-8-7-13(17)9-12(14)10-15(19-18)11-5-3-1-2-4-6-11/h7-9,11,15,19H,1-6,10,18H2. The summed E-state index contributed by atoms with van der Waals surface area (Å²) in [6.07, 6.45) is 8.24. The van der Waals surface area contributed by atoms with E-state index in [1.54, 1.807) is 6.07 Å². The summed E-state index contributed by atoms with van der Waals surface area (Å²) in [4.78, 5) is 0. The van der Waals surface area contributed by atoms with E-state index in [-0.39, 0.29) is 11.9 Å². The third-order valence-electron chi connectivity index (χ3n) is 4.13. The van der Waals surface area contributed by atoms with Gasteiger partial charge in [-0.1, -0.05) is 37.3 Å². The van der Waals surface area contributed by atoms with Gasteiger partial charge in [-0.25, -0.2) is 4.39 Å². The topological polar surface area (TPSA) is 38.0 Å². The van der Waals surface area contributed by atoms with Crippen LogP contribution < -0.4 is 11.3 Å². The van der Waals surface area contributed by atoms with Crippen LogP contribution in [0.3, 0.4) is 0 Å². The Labute approximate surface area is 119 Å². The fourth-order valence-electron chi connectivity index (χ4n) is 3.01. The molecule has 4 heteroatoms. The number of hydrogen-bond acceptors (Lipinski definition) is 2. The van der Waals surface area contributed by atoms with Crippen molar-refractivity contribution < 1.29 is 4.39 Å². The summed E-state index contributed by atoms with van der Waals surface area (Å²) < 4.78 is 13.3. The maximum absolute atomic E-state index is 13.3. The highest BCUT2D eigenvalue weighted by Gasteiger charge is 2.22. The molecule has 2 nitrogen and oxygen atoms in total. The molecule has 1 fully saturated rings. The minimum atomic E-state index is -0.240. The average molecular weight is 285 g/mol. The Morgan fingerprint density at radius 3 is 2.58 bits per heavy atom. The first-order chi connectivity index (χ1) is 9.20. The first-order valence-corrected chi connectivity index (χ1v) is 7.48. The van der Waals surface area contributed by atoms with E-state index in [1.165, 1.54) is 50.7 Å². The summed E-state index contributed by atoms with van der Waals surface area (Å²) in [6.45, 7) is 0. The van der Waals surface area contributed by atoms with Crippen LogP contribution in [0.2, 0.25) is 5.02 Å². The zero-order chi connectivity index (χ0) is 13.7. The van der Waals surface area contributed by atoms with Gasteiger partial charge in [0.1, 0.15) is 5.82 Å². The van der Waals surface area contributed by atoms with E-state index in [9.17, 15) is 4.39 Å². The predicted molar refractivity (Wildman–Crippen MR) is 77.4 cm³/mol. The molecule has 1 unspecified atom stereocenters. The molecule has 106 valence electrons. The van der Waals surface area contributed by atoms with Crippen LogP contribution in [-0.2, 0) is 6.42 Å². The highest BCUT2D eigenvalue weighted by Crippen LogP contribution is 2.28. The molecule has 1 aliphatic carbocycles. The lowest BCUT2D eigenvalue weighted by Gasteiger charge is -2.26. The third-order valence-corrected chi connectivity index (χ3v) is 4.50. The fraction of sp³-hybridized carbons (Fsp3) is 0.600. The van der Waals surface area contributed by atoms with Crippen molar-refractivity contribution >= 4 is 11.6 Å². The van der Waals surface area contributed by atoms with E-state index in [0.29, 0.717) is 17.4 Å². The molecule has 1 saturated carbocycles. The Morgan fingerprint density at radius 2 is 1.95 bits per heavy atom. The summed E-state index contributed by atoms with van der Waals surface area (Å²) in [5.74, 6) is 6.03.